The van der Waals surface area contributed by atoms with Crippen molar-refractivity contribution in [3.8, 4) is 5.75 Å². The zero-order valence-electron chi connectivity index (χ0n) is 15.5. The molecule has 0 bridgehead atoms. The van der Waals surface area contributed by atoms with Crippen molar-refractivity contribution in [1.82, 2.24) is 14.7 Å². The molecular formula is C21H33N3O. The number of likely N-dealkylation sites (tertiary alicyclic amines) is 1. The summed E-state index contributed by atoms with van der Waals surface area (Å²) in [6.07, 6.45) is 5.17. The highest BCUT2D eigenvalue weighted by Crippen LogP contribution is 2.27. The molecule has 0 aromatic heterocycles. The van der Waals surface area contributed by atoms with Gasteiger partial charge in [-0.1, -0.05) is 18.2 Å². The first-order valence-electron chi connectivity index (χ1n) is 10.2. The Kier molecular flexibility index (Phi) is 5.90. The lowest BCUT2D eigenvalue weighted by Crippen LogP contribution is -2.49. The molecule has 1 atom stereocenters. The zero-order valence-corrected chi connectivity index (χ0v) is 15.5. The molecule has 1 unspecified atom stereocenters. The summed E-state index contributed by atoms with van der Waals surface area (Å²) >= 11 is 0. The largest absolute Gasteiger partial charge is 0.493 e. The highest BCUT2D eigenvalue weighted by Gasteiger charge is 2.23. The predicted molar refractivity (Wildman–Crippen MR) is 102 cm³/mol. The van der Waals surface area contributed by atoms with Crippen molar-refractivity contribution in [1.29, 1.82) is 0 Å². The highest BCUT2D eigenvalue weighted by atomic mass is 16.5. The minimum Gasteiger partial charge on any atom is -0.493 e. The Labute approximate surface area is 152 Å². The summed E-state index contributed by atoms with van der Waals surface area (Å²) in [5, 5.41) is 0. The molecule has 0 N–H and O–H groups in total. The van der Waals surface area contributed by atoms with E-state index >= 15 is 0 Å². The van der Waals surface area contributed by atoms with Crippen LogP contribution in [0.25, 0.3) is 0 Å². The molecule has 25 heavy (non-hydrogen) atoms. The van der Waals surface area contributed by atoms with Crippen molar-refractivity contribution in [3.05, 3.63) is 29.8 Å². The summed E-state index contributed by atoms with van der Waals surface area (Å²) in [5.41, 5.74) is 1.40. The van der Waals surface area contributed by atoms with Crippen LogP contribution in [0.5, 0.6) is 5.75 Å². The lowest BCUT2D eigenvalue weighted by atomic mass is 9.96. The quantitative estimate of drug-likeness (QED) is 0.817. The molecule has 4 heteroatoms. The van der Waals surface area contributed by atoms with Crippen LogP contribution in [0.2, 0.25) is 0 Å². The van der Waals surface area contributed by atoms with Gasteiger partial charge in [-0.25, -0.2) is 0 Å². The zero-order chi connectivity index (χ0) is 16.9. The van der Waals surface area contributed by atoms with E-state index in [1.165, 1.54) is 90.1 Å². The van der Waals surface area contributed by atoms with Crippen molar-refractivity contribution in [2.24, 2.45) is 5.92 Å². The molecule has 3 aliphatic rings. The monoisotopic (exact) mass is 343 g/mol. The molecular weight excluding hydrogens is 310 g/mol. The van der Waals surface area contributed by atoms with E-state index in [-0.39, 0.29) is 0 Å². The third-order valence-corrected chi connectivity index (χ3v) is 6.18. The van der Waals surface area contributed by atoms with Gasteiger partial charge >= 0.3 is 0 Å². The van der Waals surface area contributed by atoms with Crippen LogP contribution < -0.4 is 4.74 Å². The average molecular weight is 344 g/mol. The van der Waals surface area contributed by atoms with Crippen LogP contribution in [-0.4, -0.2) is 80.2 Å². The van der Waals surface area contributed by atoms with Gasteiger partial charge in [0.05, 0.1) is 6.61 Å². The molecule has 2 fully saturated rings. The first-order valence-corrected chi connectivity index (χ1v) is 10.2. The van der Waals surface area contributed by atoms with Gasteiger partial charge in [0.15, 0.2) is 0 Å². The van der Waals surface area contributed by atoms with Crippen LogP contribution >= 0.6 is 0 Å². The summed E-state index contributed by atoms with van der Waals surface area (Å²) in [6.45, 7) is 12.3. The van der Waals surface area contributed by atoms with Crippen molar-refractivity contribution in [3.63, 3.8) is 0 Å². The fourth-order valence-electron chi connectivity index (χ4n) is 4.57. The fourth-order valence-corrected chi connectivity index (χ4v) is 4.57. The number of ether oxygens (including phenoxy) is 1. The summed E-state index contributed by atoms with van der Waals surface area (Å²) in [4.78, 5) is 7.99. The second kappa shape index (κ2) is 8.52. The molecule has 0 aliphatic carbocycles. The van der Waals surface area contributed by atoms with Gasteiger partial charge in [0, 0.05) is 45.8 Å². The SMILES string of the molecule is c1ccc2c(c1)CC(CN1CCN(CCN3CCCC3)CC1)CCO2. The van der Waals surface area contributed by atoms with Crippen LogP contribution in [0, 0.1) is 5.92 Å². The second-order valence-corrected chi connectivity index (χ2v) is 8.01. The van der Waals surface area contributed by atoms with E-state index < -0.39 is 0 Å². The first kappa shape index (κ1) is 17.3. The van der Waals surface area contributed by atoms with Gasteiger partial charge in [-0.05, 0) is 56.3 Å². The van der Waals surface area contributed by atoms with Gasteiger partial charge in [-0.2, -0.15) is 0 Å². The molecule has 138 valence electrons. The minimum absolute atomic E-state index is 0.736. The standard InChI is InChI=1S/C21H33N3O/c1-2-6-21-20(5-1)17-19(7-16-25-21)18-24-14-12-23(13-15-24)11-10-22-8-3-4-9-22/h1-2,5-6,19H,3-4,7-18H2. The smallest absolute Gasteiger partial charge is 0.122 e. The van der Waals surface area contributed by atoms with E-state index in [4.69, 9.17) is 4.74 Å². The number of para-hydroxylation sites is 1. The molecule has 4 rings (SSSR count). The number of benzene rings is 1. The van der Waals surface area contributed by atoms with Gasteiger partial charge < -0.3 is 14.5 Å². The summed E-state index contributed by atoms with van der Waals surface area (Å²) < 4.78 is 5.93. The number of piperazine rings is 1. The Morgan fingerprint density at radius 2 is 1.52 bits per heavy atom. The number of hydrogen-bond acceptors (Lipinski definition) is 4. The van der Waals surface area contributed by atoms with E-state index in [0.717, 1.165) is 18.3 Å². The Balaban J connectivity index is 1.20. The number of nitrogens with zero attached hydrogens (tertiary/aromatic N) is 3. The van der Waals surface area contributed by atoms with Crippen LogP contribution in [0.1, 0.15) is 24.8 Å². The third kappa shape index (κ3) is 4.75. The molecule has 1 aromatic rings. The molecule has 3 aliphatic heterocycles. The molecule has 4 nitrogen and oxygen atoms in total. The predicted octanol–water partition coefficient (Wildman–Crippen LogP) is 2.34. The number of fused-ring (bicyclic) bond motifs is 1. The summed E-state index contributed by atoms with van der Waals surface area (Å²) in [6, 6.07) is 8.59. The Bertz CT molecular complexity index is 536. The second-order valence-electron chi connectivity index (χ2n) is 8.01. The van der Waals surface area contributed by atoms with Crippen molar-refractivity contribution >= 4 is 0 Å². The van der Waals surface area contributed by atoms with Crippen molar-refractivity contribution < 1.29 is 4.74 Å². The Morgan fingerprint density at radius 1 is 0.840 bits per heavy atom. The topological polar surface area (TPSA) is 19.0 Å². The Hall–Kier alpha value is -1.10. The van der Waals surface area contributed by atoms with Gasteiger partial charge in [0.2, 0.25) is 0 Å². The van der Waals surface area contributed by atoms with E-state index in [0.29, 0.717) is 0 Å². The average Bonchev–Trinajstić information content (AvgIpc) is 3.08. The molecule has 0 spiro atoms. The van der Waals surface area contributed by atoms with E-state index in [1.807, 2.05) is 0 Å². The van der Waals surface area contributed by atoms with E-state index in [1.54, 1.807) is 0 Å². The van der Waals surface area contributed by atoms with Crippen LogP contribution in [0.4, 0.5) is 0 Å². The maximum atomic E-state index is 5.93. The lowest BCUT2D eigenvalue weighted by Gasteiger charge is -2.37. The molecule has 0 saturated carbocycles. The van der Waals surface area contributed by atoms with Gasteiger partial charge in [-0.3, -0.25) is 4.90 Å². The third-order valence-electron chi connectivity index (χ3n) is 6.18. The first-order chi connectivity index (χ1) is 12.4. The van der Waals surface area contributed by atoms with Gasteiger partial charge in [0.1, 0.15) is 5.75 Å². The van der Waals surface area contributed by atoms with Crippen LogP contribution in [0.15, 0.2) is 24.3 Å². The maximum Gasteiger partial charge on any atom is 0.122 e. The lowest BCUT2D eigenvalue weighted by molar-refractivity contribution is 0.106. The summed E-state index contributed by atoms with van der Waals surface area (Å²) in [5.74, 6) is 1.84. The van der Waals surface area contributed by atoms with Crippen LogP contribution in [-0.2, 0) is 6.42 Å². The number of rotatable bonds is 5. The van der Waals surface area contributed by atoms with Crippen LogP contribution in [0.3, 0.4) is 0 Å². The maximum absolute atomic E-state index is 5.93. The van der Waals surface area contributed by atoms with Crippen molar-refractivity contribution in [2.75, 3.05) is 65.5 Å². The van der Waals surface area contributed by atoms with E-state index in [9.17, 15) is 0 Å². The minimum atomic E-state index is 0.736. The summed E-state index contributed by atoms with van der Waals surface area (Å²) in [7, 11) is 0. The number of hydrogen-bond donors (Lipinski definition) is 0. The van der Waals surface area contributed by atoms with Gasteiger partial charge in [-0.15, -0.1) is 0 Å². The molecule has 3 heterocycles. The molecule has 2 saturated heterocycles. The molecule has 1 aromatic carbocycles. The fraction of sp³-hybridized carbons (Fsp3) is 0.714. The molecule has 0 radical (unpaired) electrons. The van der Waals surface area contributed by atoms with Gasteiger partial charge in [0.25, 0.3) is 0 Å². The van der Waals surface area contributed by atoms with E-state index in [2.05, 4.69) is 39.0 Å². The Morgan fingerprint density at radius 3 is 2.32 bits per heavy atom. The molecule has 0 amide bonds. The highest BCUT2D eigenvalue weighted by molar-refractivity contribution is 5.34. The van der Waals surface area contributed by atoms with Crippen molar-refractivity contribution in [2.45, 2.75) is 25.7 Å². The normalized spacial score (nSPS) is 26.2.